The van der Waals surface area contributed by atoms with Crippen molar-refractivity contribution in [1.82, 2.24) is 5.32 Å². The lowest BCUT2D eigenvalue weighted by Gasteiger charge is -2.36. The average molecular weight is 384 g/mol. The topological polar surface area (TPSA) is 85.9 Å². The van der Waals surface area contributed by atoms with Crippen LogP contribution in [0.3, 0.4) is 0 Å². The third kappa shape index (κ3) is 5.90. The van der Waals surface area contributed by atoms with Crippen molar-refractivity contribution in [3.05, 3.63) is 60.2 Å². The van der Waals surface area contributed by atoms with Crippen LogP contribution in [0.15, 0.2) is 54.6 Å². The first kappa shape index (κ1) is 19.5. The van der Waals surface area contributed by atoms with Crippen LogP contribution in [0.5, 0.6) is 5.75 Å². The lowest BCUT2D eigenvalue weighted by atomic mass is 9.86. The van der Waals surface area contributed by atoms with Gasteiger partial charge in [-0.2, -0.15) is 0 Å². The number of anilines is 1. The van der Waals surface area contributed by atoms with Crippen LogP contribution in [0.4, 0.5) is 10.5 Å². The first-order valence-corrected chi connectivity index (χ1v) is 9.16. The van der Waals surface area contributed by atoms with E-state index in [9.17, 15) is 9.59 Å². The summed E-state index contributed by atoms with van der Waals surface area (Å²) in [5.41, 5.74) is 1.92. The molecule has 0 atom stereocenters. The van der Waals surface area contributed by atoms with Crippen molar-refractivity contribution >= 4 is 17.7 Å². The highest BCUT2D eigenvalue weighted by atomic mass is 16.6. The van der Waals surface area contributed by atoms with Crippen LogP contribution in [-0.4, -0.2) is 37.9 Å². The third-order valence-corrected chi connectivity index (χ3v) is 4.48. The summed E-state index contributed by atoms with van der Waals surface area (Å²) < 4.78 is 15.1. The fraction of sp³-hybridized carbons (Fsp3) is 0.333. The molecular weight excluding hydrogens is 360 g/mol. The predicted octanol–water partition coefficient (Wildman–Crippen LogP) is 3.11. The molecule has 1 aliphatic carbocycles. The highest BCUT2D eigenvalue weighted by molar-refractivity contribution is 5.71. The molecule has 148 valence electrons. The van der Waals surface area contributed by atoms with Crippen LogP contribution in [0, 0.1) is 0 Å². The second-order valence-electron chi connectivity index (χ2n) is 6.60. The van der Waals surface area contributed by atoms with Gasteiger partial charge in [0.05, 0.1) is 7.11 Å². The number of hydrogen-bond donors (Lipinski definition) is 2. The minimum absolute atomic E-state index is 0.111. The number of alkyl carbamates (subject to hydrolysis) is 1. The third-order valence-electron chi connectivity index (χ3n) is 4.48. The summed E-state index contributed by atoms with van der Waals surface area (Å²) in [5, 5.41) is 6.28. The highest BCUT2D eigenvalue weighted by Gasteiger charge is 2.30. The molecule has 0 radical (unpaired) electrons. The maximum atomic E-state index is 11.9. The molecule has 0 aliphatic heterocycles. The Bertz CT molecular complexity index is 773. The summed E-state index contributed by atoms with van der Waals surface area (Å²) in [6.07, 6.45) is 1.28. The molecule has 0 unspecified atom stereocenters. The molecule has 28 heavy (non-hydrogen) atoms. The molecule has 2 N–H and O–H groups in total. The fourth-order valence-electron chi connectivity index (χ4n) is 2.87. The molecular formula is C21H24N2O5. The number of benzene rings is 2. The molecule has 1 saturated carbocycles. The van der Waals surface area contributed by atoms with Gasteiger partial charge in [0.25, 0.3) is 0 Å². The Morgan fingerprint density at radius 1 is 1.00 bits per heavy atom. The number of rotatable bonds is 8. The van der Waals surface area contributed by atoms with Gasteiger partial charge in [-0.1, -0.05) is 30.3 Å². The summed E-state index contributed by atoms with van der Waals surface area (Å²) in [6.45, 7) is 0.158. The maximum Gasteiger partial charge on any atom is 0.407 e. The number of carbonyl (C=O) groups is 2. The number of carbonyl (C=O) groups excluding carboxylic acids is 2. The highest BCUT2D eigenvalue weighted by Crippen LogP contribution is 2.25. The lowest BCUT2D eigenvalue weighted by Crippen LogP contribution is -2.49. The van der Waals surface area contributed by atoms with Crippen molar-refractivity contribution in [3.8, 4) is 5.75 Å². The van der Waals surface area contributed by atoms with E-state index >= 15 is 0 Å². The molecule has 0 aromatic heterocycles. The van der Waals surface area contributed by atoms with E-state index in [-0.39, 0.29) is 25.3 Å². The quantitative estimate of drug-likeness (QED) is 0.680. The zero-order chi connectivity index (χ0) is 19.8. The Morgan fingerprint density at radius 3 is 2.39 bits per heavy atom. The largest absolute Gasteiger partial charge is 0.482 e. The Kier molecular flexibility index (Phi) is 6.73. The smallest absolute Gasteiger partial charge is 0.407 e. The zero-order valence-electron chi connectivity index (χ0n) is 15.7. The number of esters is 1. The average Bonchev–Trinajstić information content (AvgIpc) is 2.70. The predicted molar refractivity (Wildman–Crippen MR) is 104 cm³/mol. The van der Waals surface area contributed by atoms with Crippen molar-refractivity contribution in [3.63, 3.8) is 0 Å². The molecule has 0 spiro atoms. The monoisotopic (exact) mass is 384 g/mol. The van der Waals surface area contributed by atoms with Gasteiger partial charge in [0.2, 0.25) is 0 Å². The summed E-state index contributed by atoms with van der Waals surface area (Å²) in [6, 6.07) is 17.4. The molecule has 3 rings (SSSR count). The van der Waals surface area contributed by atoms with Gasteiger partial charge >= 0.3 is 12.1 Å². The fourth-order valence-corrected chi connectivity index (χ4v) is 2.87. The molecule has 1 aliphatic rings. The lowest BCUT2D eigenvalue weighted by molar-refractivity contribution is -0.142. The molecule has 2 aromatic rings. The normalized spacial score (nSPS) is 17.8. The SMILES string of the molecule is COC(=O)COc1ccc(NC2CC(NC(=O)OCc3ccccc3)C2)cc1. The maximum absolute atomic E-state index is 11.9. The molecule has 7 heteroatoms. The van der Waals surface area contributed by atoms with E-state index in [1.54, 1.807) is 12.1 Å². The number of nitrogens with one attached hydrogen (secondary N) is 2. The van der Waals surface area contributed by atoms with Gasteiger partial charge in [-0.15, -0.1) is 0 Å². The second kappa shape index (κ2) is 9.64. The van der Waals surface area contributed by atoms with Gasteiger partial charge in [-0.25, -0.2) is 9.59 Å². The van der Waals surface area contributed by atoms with E-state index in [1.165, 1.54) is 7.11 Å². The van der Waals surface area contributed by atoms with Crippen LogP contribution in [0.1, 0.15) is 18.4 Å². The van der Waals surface area contributed by atoms with E-state index in [0.29, 0.717) is 11.8 Å². The van der Waals surface area contributed by atoms with Gasteiger partial charge in [0.15, 0.2) is 6.61 Å². The van der Waals surface area contributed by atoms with Gasteiger partial charge in [-0.05, 0) is 42.7 Å². The molecule has 0 bridgehead atoms. The number of ether oxygens (including phenoxy) is 3. The van der Waals surface area contributed by atoms with Crippen molar-refractivity contribution in [2.75, 3.05) is 19.0 Å². The van der Waals surface area contributed by atoms with Gasteiger partial charge in [-0.3, -0.25) is 0 Å². The molecule has 7 nitrogen and oxygen atoms in total. The number of hydrogen-bond acceptors (Lipinski definition) is 6. The second-order valence-corrected chi connectivity index (χ2v) is 6.60. The zero-order valence-corrected chi connectivity index (χ0v) is 15.7. The number of amides is 1. The molecule has 2 aromatic carbocycles. The van der Waals surface area contributed by atoms with E-state index in [1.807, 2.05) is 42.5 Å². The Balaban J connectivity index is 1.33. The molecule has 0 saturated heterocycles. The first-order chi connectivity index (χ1) is 13.6. The van der Waals surface area contributed by atoms with Crippen LogP contribution < -0.4 is 15.4 Å². The van der Waals surface area contributed by atoms with Crippen LogP contribution in [0.2, 0.25) is 0 Å². The Morgan fingerprint density at radius 2 is 1.71 bits per heavy atom. The Labute approximate surface area is 164 Å². The van der Waals surface area contributed by atoms with E-state index in [0.717, 1.165) is 24.1 Å². The number of methoxy groups -OCH3 is 1. The summed E-state index contributed by atoms with van der Waals surface area (Å²) in [5.74, 6) is 0.183. The first-order valence-electron chi connectivity index (χ1n) is 9.16. The van der Waals surface area contributed by atoms with Gasteiger partial charge in [0.1, 0.15) is 12.4 Å². The van der Waals surface area contributed by atoms with Gasteiger partial charge < -0.3 is 24.8 Å². The van der Waals surface area contributed by atoms with Crippen molar-refractivity contribution in [1.29, 1.82) is 0 Å². The van der Waals surface area contributed by atoms with E-state index in [4.69, 9.17) is 9.47 Å². The van der Waals surface area contributed by atoms with Crippen molar-refractivity contribution in [2.24, 2.45) is 0 Å². The minimum atomic E-state index is -0.419. The molecule has 0 heterocycles. The summed E-state index contributed by atoms with van der Waals surface area (Å²) >= 11 is 0. The van der Waals surface area contributed by atoms with Gasteiger partial charge in [0, 0.05) is 17.8 Å². The molecule has 1 amide bonds. The van der Waals surface area contributed by atoms with Crippen molar-refractivity contribution < 1.29 is 23.8 Å². The molecule has 1 fully saturated rings. The van der Waals surface area contributed by atoms with Crippen LogP contribution >= 0.6 is 0 Å². The summed E-state index contributed by atoms with van der Waals surface area (Å²) in [7, 11) is 1.32. The minimum Gasteiger partial charge on any atom is -0.482 e. The van der Waals surface area contributed by atoms with E-state index < -0.39 is 5.97 Å². The standard InChI is InChI=1S/C21H24N2O5/c1-26-20(24)14-27-19-9-7-16(8-10-19)22-17-11-18(12-17)23-21(25)28-13-15-5-3-2-4-6-15/h2-10,17-18,22H,11-14H2,1H3,(H,23,25). The van der Waals surface area contributed by atoms with Crippen molar-refractivity contribution in [2.45, 2.75) is 31.5 Å². The van der Waals surface area contributed by atoms with Crippen LogP contribution in [-0.2, 0) is 20.9 Å². The van der Waals surface area contributed by atoms with Crippen LogP contribution in [0.25, 0.3) is 0 Å². The Hall–Kier alpha value is -3.22. The summed E-state index contributed by atoms with van der Waals surface area (Å²) in [4.78, 5) is 22.9. The van der Waals surface area contributed by atoms with E-state index in [2.05, 4.69) is 15.4 Å².